The number of hydrogen-bond acceptors (Lipinski definition) is 5. The average Bonchev–Trinajstić information content (AvgIpc) is 2.64. The summed E-state index contributed by atoms with van der Waals surface area (Å²) in [6.45, 7) is 5.93. The summed E-state index contributed by atoms with van der Waals surface area (Å²) in [7, 11) is 1.45. The van der Waals surface area contributed by atoms with Crippen LogP contribution in [0, 0.1) is 11.8 Å². The molecule has 148 valence electrons. The first kappa shape index (κ1) is 20.8. The van der Waals surface area contributed by atoms with Crippen LogP contribution in [0.1, 0.15) is 45.6 Å². The van der Waals surface area contributed by atoms with Crippen molar-refractivity contribution < 1.29 is 24.2 Å². The number of phenols is 1. The molecule has 4 atom stereocenters. The predicted molar refractivity (Wildman–Crippen MR) is 103 cm³/mol. The minimum Gasteiger partial charge on any atom is -0.504 e. The average molecular weight is 375 g/mol. The molecule has 0 bridgehead atoms. The third-order valence-electron chi connectivity index (χ3n) is 5.31. The molecule has 27 heavy (non-hydrogen) atoms. The Kier molecular flexibility index (Phi) is 7.28. The fourth-order valence-corrected chi connectivity index (χ4v) is 3.31. The zero-order chi connectivity index (χ0) is 20.0. The standard InChI is InChI=1S/C21H29NO5/c1-13-6-5-7-17(14(13)2)22-21(25)15(3)27-20(24)11-9-16-8-10-18(23)19(12-16)26-4/h8-15,17,23H,5-7H2,1-4H3,(H,22,25)/b11-9+/t13-,14-,15-,17+/m1/s1. The normalized spacial score (nSPS) is 23.6. The Morgan fingerprint density at radius 3 is 2.74 bits per heavy atom. The van der Waals surface area contributed by atoms with Crippen molar-refractivity contribution in [2.45, 2.75) is 52.2 Å². The lowest BCUT2D eigenvalue weighted by Gasteiger charge is -2.35. The van der Waals surface area contributed by atoms with Crippen LogP contribution in [0.5, 0.6) is 11.5 Å². The largest absolute Gasteiger partial charge is 0.504 e. The van der Waals surface area contributed by atoms with E-state index in [2.05, 4.69) is 19.2 Å². The zero-order valence-electron chi connectivity index (χ0n) is 16.4. The van der Waals surface area contributed by atoms with E-state index in [1.54, 1.807) is 25.1 Å². The Morgan fingerprint density at radius 1 is 1.30 bits per heavy atom. The van der Waals surface area contributed by atoms with Crippen molar-refractivity contribution in [1.29, 1.82) is 0 Å². The number of phenolic OH excluding ortho intramolecular Hbond substituents is 1. The fraction of sp³-hybridized carbons (Fsp3) is 0.524. The third kappa shape index (κ3) is 5.74. The molecule has 2 N–H and O–H groups in total. The van der Waals surface area contributed by atoms with E-state index in [9.17, 15) is 14.7 Å². The minimum absolute atomic E-state index is 0.0220. The second-order valence-corrected chi connectivity index (χ2v) is 7.23. The van der Waals surface area contributed by atoms with Crippen molar-refractivity contribution in [2.75, 3.05) is 7.11 Å². The molecule has 0 spiro atoms. The lowest BCUT2D eigenvalue weighted by Crippen LogP contribution is -2.47. The molecular formula is C21H29NO5. The van der Waals surface area contributed by atoms with E-state index >= 15 is 0 Å². The van der Waals surface area contributed by atoms with Crippen LogP contribution in [-0.4, -0.2) is 36.2 Å². The maximum atomic E-state index is 12.3. The summed E-state index contributed by atoms with van der Waals surface area (Å²) in [5.41, 5.74) is 0.670. The summed E-state index contributed by atoms with van der Waals surface area (Å²) in [5, 5.41) is 12.6. The highest BCUT2D eigenvalue weighted by Crippen LogP contribution is 2.29. The first-order chi connectivity index (χ1) is 12.8. The lowest BCUT2D eigenvalue weighted by molar-refractivity contribution is -0.150. The van der Waals surface area contributed by atoms with Gasteiger partial charge in [-0.25, -0.2) is 4.79 Å². The Morgan fingerprint density at radius 2 is 2.04 bits per heavy atom. The van der Waals surface area contributed by atoms with Gasteiger partial charge in [-0.05, 0) is 49.0 Å². The highest BCUT2D eigenvalue weighted by Gasteiger charge is 2.29. The van der Waals surface area contributed by atoms with Crippen molar-refractivity contribution in [3.05, 3.63) is 29.8 Å². The highest BCUT2D eigenvalue weighted by molar-refractivity contribution is 5.90. The van der Waals surface area contributed by atoms with E-state index in [-0.39, 0.29) is 17.7 Å². The van der Waals surface area contributed by atoms with Crippen molar-refractivity contribution in [1.82, 2.24) is 5.32 Å². The van der Waals surface area contributed by atoms with Crippen molar-refractivity contribution in [3.8, 4) is 11.5 Å². The molecule has 0 heterocycles. The lowest BCUT2D eigenvalue weighted by atomic mass is 9.78. The van der Waals surface area contributed by atoms with E-state index < -0.39 is 12.1 Å². The number of carbonyl (C=O) groups excluding carboxylic acids is 2. The molecule has 1 aromatic rings. The Balaban J connectivity index is 1.88. The third-order valence-corrected chi connectivity index (χ3v) is 5.31. The maximum absolute atomic E-state index is 12.3. The number of hydrogen-bond donors (Lipinski definition) is 2. The maximum Gasteiger partial charge on any atom is 0.331 e. The monoisotopic (exact) mass is 375 g/mol. The van der Waals surface area contributed by atoms with Gasteiger partial charge in [-0.1, -0.05) is 32.8 Å². The summed E-state index contributed by atoms with van der Waals surface area (Å²) in [6.07, 6.45) is 5.18. The van der Waals surface area contributed by atoms with Gasteiger partial charge in [-0.15, -0.1) is 0 Å². The van der Waals surface area contributed by atoms with Gasteiger partial charge >= 0.3 is 5.97 Å². The van der Waals surface area contributed by atoms with Gasteiger partial charge in [0.2, 0.25) is 0 Å². The van der Waals surface area contributed by atoms with Crippen LogP contribution in [0.3, 0.4) is 0 Å². The van der Waals surface area contributed by atoms with Gasteiger partial charge in [0.15, 0.2) is 17.6 Å². The van der Waals surface area contributed by atoms with E-state index in [0.29, 0.717) is 23.1 Å². The second kappa shape index (κ2) is 9.44. The summed E-state index contributed by atoms with van der Waals surface area (Å²) < 4.78 is 10.2. The van der Waals surface area contributed by atoms with Gasteiger partial charge in [0.25, 0.3) is 5.91 Å². The van der Waals surface area contributed by atoms with Crippen LogP contribution < -0.4 is 10.1 Å². The molecule has 0 aromatic heterocycles. The highest BCUT2D eigenvalue weighted by atomic mass is 16.5. The van der Waals surface area contributed by atoms with E-state index in [1.165, 1.54) is 25.7 Å². The summed E-state index contributed by atoms with van der Waals surface area (Å²) in [5.74, 6) is 0.453. The zero-order valence-corrected chi connectivity index (χ0v) is 16.4. The van der Waals surface area contributed by atoms with Gasteiger partial charge in [0.1, 0.15) is 0 Å². The number of esters is 1. The molecule has 2 rings (SSSR count). The summed E-state index contributed by atoms with van der Waals surface area (Å²) >= 11 is 0. The molecule has 1 fully saturated rings. The number of aromatic hydroxyl groups is 1. The van der Waals surface area contributed by atoms with Crippen molar-refractivity contribution in [2.24, 2.45) is 11.8 Å². The number of carbonyl (C=O) groups is 2. The predicted octanol–water partition coefficient (Wildman–Crippen LogP) is 3.29. The molecule has 1 amide bonds. The van der Waals surface area contributed by atoms with Gasteiger partial charge in [0, 0.05) is 12.1 Å². The fourth-order valence-electron chi connectivity index (χ4n) is 3.31. The van der Waals surface area contributed by atoms with Crippen LogP contribution in [-0.2, 0) is 14.3 Å². The van der Waals surface area contributed by atoms with Gasteiger partial charge in [0.05, 0.1) is 7.11 Å². The topological polar surface area (TPSA) is 84.9 Å². The van der Waals surface area contributed by atoms with Gasteiger partial charge < -0.3 is 19.9 Å². The summed E-state index contributed by atoms with van der Waals surface area (Å²) in [6, 6.07) is 4.85. The van der Waals surface area contributed by atoms with E-state index in [4.69, 9.17) is 9.47 Å². The van der Waals surface area contributed by atoms with E-state index in [0.717, 1.165) is 12.8 Å². The van der Waals surface area contributed by atoms with Gasteiger partial charge in [-0.2, -0.15) is 0 Å². The van der Waals surface area contributed by atoms with Crippen LogP contribution in [0.2, 0.25) is 0 Å². The minimum atomic E-state index is -0.860. The van der Waals surface area contributed by atoms with Gasteiger partial charge in [-0.3, -0.25) is 4.79 Å². The molecule has 6 heteroatoms. The van der Waals surface area contributed by atoms with Crippen LogP contribution in [0.4, 0.5) is 0 Å². The molecule has 0 saturated heterocycles. The molecule has 0 aliphatic heterocycles. The molecule has 1 aliphatic carbocycles. The number of nitrogens with one attached hydrogen (secondary N) is 1. The smallest absolute Gasteiger partial charge is 0.331 e. The summed E-state index contributed by atoms with van der Waals surface area (Å²) in [4.78, 5) is 24.3. The number of ether oxygens (including phenoxy) is 2. The van der Waals surface area contributed by atoms with E-state index in [1.807, 2.05) is 0 Å². The molecule has 1 aromatic carbocycles. The van der Waals surface area contributed by atoms with Crippen molar-refractivity contribution >= 4 is 18.0 Å². The first-order valence-corrected chi connectivity index (χ1v) is 9.38. The first-order valence-electron chi connectivity index (χ1n) is 9.38. The number of benzene rings is 1. The molecule has 6 nitrogen and oxygen atoms in total. The number of amides is 1. The van der Waals surface area contributed by atoms with Crippen LogP contribution in [0.15, 0.2) is 24.3 Å². The number of methoxy groups -OCH3 is 1. The SMILES string of the molecule is COc1cc(/C=C/C(=O)O[C@H](C)C(=O)N[C@H]2CCC[C@@H](C)[C@H]2C)ccc1O. The van der Waals surface area contributed by atoms with Crippen LogP contribution >= 0.6 is 0 Å². The van der Waals surface area contributed by atoms with Crippen molar-refractivity contribution in [3.63, 3.8) is 0 Å². The Bertz CT molecular complexity index is 700. The quantitative estimate of drug-likeness (QED) is 0.589. The molecule has 1 saturated carbocycles. The molecular weight excluding hydrogens is 346 g/mol. The van der Waals surface area contributed by atoms with Crippen LogP contribution in [0.25, 0.3) is 6.08 Å². The molecule has 0 unspecified atom stereocenters. The Labute approximate surface area is 160 Å². The Hall–Kier alpha value is -2.50. The second-order valence-electron chi connectivity index (χ2n) is 7.23. The molecule has 1 aliphatic rings. The number of rotatable bonds is 6. The molecule has 0 radical (unpaired) electrons.